The zero-order valence-corrected chi connectivity index (χ0v) is 20.1. The Morgan fingerprint density at radius 1 is 1.18 bits per heavy atom. The van der Waals surface area contributed by atoms with Crippen LogP contribution in [0.1, 0.15) is 31.7 Å². The number of amides is 2. The third-order valence-corrected chi connectivity index (χ3v) is 7.62. The van der Waals surface area contributed by atoms with Crippen LogP contribution in [0.2, 0.25) is 0 Å². The van der Waals surface area contributed by atoms with Gasteiger partial charge in [0.1, 0.15) is 5.01 Å². The molecule has 0 spiro atoms. The zero-order chi connectivity index (χ0) is 23.8. The first kappa shape index (κ1) is 22.7. The molecule has 34 heavy (non-hydrogen) atoms. The maximum absolute atomic E-state index is 13.3. The van der Waals surface area contributed by atoms with Gasteiger partial charge in [-0.15, -0.1) is 11.3 Å². The first-order valence-electron chi connectivity index (χ1n) is 11.7. The summed E-state index contributed by atoms with van der Waals surface area (Å²) in [5.74, 6) is -0.904. The first-order chi connectivity index (χ1) is 16.4. The number of nitrogens with zero attached hydrogens (tertiary/aromatic N) is 3. The number of carbonyl (C=O) groups is 3. The number of carbonyl (C=O) groups excluding carboxylic acids is 3. The number of hydrogen-bond acceptors (Lipinski definition) is 7. The Bertz CT molecular complexity index is 1250. The topological polar surface area (TPSA) is 79.8 Å². The highest BCUT2D eigenvalue weighted by molar-refractivity contribution is 7.21. The molecule has 0 radical (unpaired) electrons. The highest BCUT2D eigenvalue weighted by Gasteiger charge is 2.44. The van der Waals surface area contributed by atoms with Crippen molar-refractivity contribution in [3.63, 3.8) is 0 Å². The maximum atomic E-state index is 13.3. The molecule has 2 atom stereocenters. The molecule has 2 amide bonds. The van der Waals surface area contributed by atoms with E-state index in [9.17, 15) is 14.4 Å². The largest absolute Gasteiger partial charge is 0.466 e. The summed E-state index contributed by atoms with van der Waals surface area (Å²) in [5, 5.41) is 0.905. The number of aryl methyl sites for hydroxylation is 1. The van der Waals surface area contributed by atoms with Crippen molar-refractivity contribution < 1.29 is 19.1 Å². The van der Waals surface area contributed by atoms with Crippen molar-refractivity contribution in [3.8, 4) is 10.6 Å². The molecule has 0 N–H and O–H groups in total. The lowest BCUT2D eigenvalue weighted by Gasteiger charge is -2.34. The average Bonchev–Trinajstić information content (AvgIpc) is 3.39. The SMILES string of the molecule is CCOC(=O)C1CCCN(C2CC(=O)N(c3ccc(-c4nc5ccc(C)cc5s4)cc3)C2=O)C1. The lowest BCUT2D eigenvalue weighted by molar-refractivity contribution is -0.150. The molecule has 7 nitrogen and oxygen atoms in total. The van der Waals surface area contributed by atoms with Gasteiger partial charge in [-0.1, -0.05) is 6.07 Å². The average molecular weight is 478 g/mol. The monoisotopic (exact) mass is 477 g/mol. The van der Waals surface area contributed by atoms with Crippen molar-refractivity contribution in [2.45, 2.75) is 39.2 Å². The van der Waals surface area contributed by atoms with Crippen LogP contribution < -0.4 is 4.90 Å². The smallest absolute Gasteiger partial charge is 0.310 e. The fraction of sp³-hybridized carbons (Fsp3) is 0.385. The standard InChI is InChI=1S/C26H27N3O4S/c1-3-33-26(32)18-5-4-12-28(15-18)21-14-23(30)29(25(21)31)19-9-7-17(8-10-19)24-27-20-11-6-16(2)13-22(20)34-24/h6-11,13,18,21H,3-5,12,14-15H2,1-2H3. The van der Waals surface area contributed by atoms with Crippen LogP contribution in [0.4, 0.5) is 5.69 Å². The van der Waals surface area contributed by atoms with E-state index < -0.39 is 6.04 Å². The van der Waals surface area contributed by atoms with Gasteiger partial charge in [0.05, 0.1) is 40.9 Å². The van der Waals surface area contributed by atoms with E-state index in [2.05, 4.69) is 13.0 Å². The van der Waals surface area contributed by atoms with Crippen LogP contribution in [0.3, 0.4) is 0 Å². The fourth-order valence-corrected chi connectivity index (χ4v) is 5.89. The second-order valence-corrected chi connectivity index (χ2v) is 9.94. The molecule has 0 saturated carbocycles. The minimum atomic E-state index is -0.531. The summed E-state index contributed by atoms with van der Waals surface area (Å²) in [6, 6.07) is 13.1. The second kappa shape index (κ2) is 9.27. The molecule has 2 saturated heterocycles. The number of esters is 1. The number of thiazole rings is 1. The van der Waals surface area contributed by atoms with Crippen molar-refractivity contribution in [3.05, 3.63) is 48.0 Å². The Kier molecular flexibility index (Phi) is 6.18. The van der Waals surface area contributed by atoms with Gasteiger partial charge in [-0.3, -0.25) is 19.3 Å². The molecule has 3 aromatic rings. The Hall–Kier alpha value is -3.10. The van der Waals surface area contributed by atoms with Crippen molar-refractivity contribution in [2.75, 3.05) is 24.6 Å². The maximum Gasteiger partial charge on any atom is 0.310 e. The Balaban J connectivity index is 1.32. The van der Waals surface area contributed by atoms with Gasteiger partial charge in [0.2, 0.25) is 5.91 Å². The molecule has 2 aliphatic heterocycles. The summed E-state index contributed by atoms with van der Waals surface area (Å²) in [4.78, 5) is 46.3. The van der Waals surface area contributed by atoms with Gasteiger partial charge in [0.15, 0.2) is 0 Å². The number of rotatable bonds is 5. The predicted octanol–water partition coefficient (Wildman–Crippen LogP) is 4.18. The molecule has 3 heterocycles. The summed E-state index contributed by atoms with van der Waals surface area (Å²) < 4.78 is 6.31. The van der Waals surface area contributed by atoms with Crippen LogP contribution in [0.5, 0.6) is 0 Å². The van der Waals surface area contributed by atoms with Crippen molar-refractivity contribution in [1.82, 2.24) is 9.88 Å². The molecular weight excluding hydrogens is 450 g/mol. The highest BCUT2D eigenvalue weighted by atomic mass is 32.1. The van der Waals surface area contributed by atoms with Gasteiger partial charge in [0.25, 0.3) is 5.91 Å². The Morgan fingerprint density at radius 2 is 1.97 bits per heavy atom. The molecule has 2 aromatic carbocycles. The molecule has 1 aromatic heterocycles. The highest BCUT2D eigenvalue weighted by Crippen LogP contribution is 2.33. The van der Waals surface area contributed by atoms with Crippen LogP contribution >= 0.6 is 11.3 Å². The summed E-state index contributed by atoms with van der Waals surface area (Å²) in [6.07, 6.45) is 1.69. The molecule has 0 aliphatic carbocycles. The Morgan fingerprint density at radius 3 is 2.74 bits per heavy atom. The fourth-order valence-electron chi connectivity index (χ4n) is 4.82. The van der Waals surface area contributed by atoms with E-state index in [1.54, 1.807) is 18.3 Å². The van der Waals surface area contributed by atoms with Crippen LogP contribution in [-0.4, -0.2) is 53.4 Å². The minimum absolute atomic E-state index is 0.132. The predicted molar refractivity (Wildman–Crippen MR) is 132 cm³/mol. The van der Waals surface area contributed by atoms with E-state index in [0.29, 0.717) is 25.4 Å². The van der Waals surface area contributed by atoms with Gasteiger partial charge in [-0.05, 0) is 75.2 Å². The summed E-state index contributed by atoms with van der Waals surface area (Å²) >= 11 is 1.63. The van der Waals surface area contributed by atoms with Crippen LogP contribution in [0, 0.1) is 12.8 Å². The van der Waals surface area contributed by atoms with E-state index in [-0.39, 0.29) is 30.1 Å². The number of piperidine rings is 1. The molecule has 2 unspecified atom stereocenters. The van der Waals surface area contributed by atoms with Crippen LogP contribution in [0.15, 0.2) is 42.5 Å². The first-order valence-corrected chi connectivity index (χ1v) is 12.5. The molecule has 0 bridgehead atoms. The zero-order valence-electron chi connectivity index (χ0n) is 19.3. The van der Waals surface area contributed by atoms with Gasteiger partial charge < -0.3 is 4.74 Å². The van der Waals surface area contributed by atoms with E-state index >= 15 is 0 Å². The molecular formula is C26H27N3O4S. The summed E-state index contributed by atoms with van der Waals surface area (Å²) in [6.45, 7) is 5.34. The number of fused-ring (bicyclic) bond motifs is 1. The Labute approximate surface area is 202 Å². The van der Waals surface area contributed by atoms with E-state index in [1.807, 2.05) is 41.3 Å². The molecule has 2 fully saturated rings. The molecule has 5 rings (SSSR count). The number of benzene rings is 2. The van der Waals surface area contributed by atoms with Crippen LogP contribution in [-0.2, 0) is 19.1 Å². The lowest BCUT2D eigenvalue weighted by Crippen LogP contribution is -2.48. The summed E-state index contributed by atoms with van der Waals surface area (Å²) in [7, 11) is 0. The third-order valence-electron chi connectivity index (χ3n) is 6.55. The normalized spacial score (nSPS) is 21.4. The van der Waals surface area contributed by atoms with Gasteiger partial charge >= 0.3 is 5.97 Å². The summed E-state index contributed by atoms with van der Waals surface area (Å²) in [5.41, 5.74) is 3.68. The van der Waals surface area contributed by atoms with Gasteiger partial charge in [-0.25, -0.2) is 9.88 Å². The van der Waals surface area contributed by atoms with E-state index in [4.69, 9.17) is 9.72 Å². The number of hydrogen-bond donors (Lipinski definition) is 0. The molecule has 2 aliphatic rings. The number of anilines is 1. The quantitative estimate of drug-likeness (QED) is 0.405. The minimum Gasteiger partial charge on any atom is -0.466 e. The van der Waals surface area contributed by atoms with Crippen molar-refractivity contribution >= 4 is 45.0 Å². The van der Waals surface area contributed by atoms with Crippen LogP contribution in [0.25, 0.3) is 20.8 Å². The number of imide groups is 1. The van der Waals surface area contributed by atoms with Crippen molar-refractivity contribution in [1.29, 1.82) is 0 Å². The number of ether oxygens (including phenoxy) is 1. The number of aromatic nitrogens is 1. The van der Waals surface area contributed by atoms with Gasteiger partial charge in [-0.2, -0.15) is 0 Å². The van der Waals surface area contributed by atoms with Gasteiger partial charge in [0, 0.05) is 12.1 Å². The van der Waals surface area contributed by atoms with Crippen molar-refractivity contribution in [2.24, 2.45) is 5.92 Å². The lowest BCUT2D eigenvalue weighted by atomic mass is 9.96. The molecule has 176 valence electrons. The third kappa shape index (κ3) is 4.23. The number of likely N-dealkylation sites (tertiary alicyclic amines) is 1. The second-order valence-electron chi connectivity index (χ2n) is 8.91. The molecule has 8 heteroatoms. The van der Waals surface area contributed by atoms with E-state index in [0.717, 1.165) is 33.6 Å². The van der Waals surface area contributed by atoms with E-state index in [1.165, 1.54) is 10.5 Å².